The number of hydrogen-bond donors (Lipinski definition) is 0. The van der Waals surface area contributed by atoms with Crippen LogP contribution in [0.3, 0.4) is 0 Å². The standard InChI is InChI=1S/C16H21N5O/c1-3-16(22)21-5-4-12(10-21)6-13-7-17-8-14(19-13)15-9-18-11-20(15)2/h7-9,11-12H,3-6,10H2,1-2H3/t12-/m0/s1. The number of nitrogens with zero attached hydrogens (tertiary/aromatic N) is 5. The van der Waals surface area contributed by atoms with E-state index in [0.717, 1.165) is 43.0 Å². The summed E-state index contributed by atoms with van der Waals surface area (Å²) in [5.74, 6) is 0.726. The first-order valence-electron chi connectivity index (χ1n) is 7.72. The van der Waals surface area contributed by atoms with Gasteiger partial charge in [-0.15, -0.1) is 0 Å². The van der Waals surface area contributed by atoms with E-state index in [4.69, 9.17) is 4.98 Å². The fourth-order valence-electron chi connectivity index (χ4n) is 2.98. The fraction of sp³-hybridized carbons (Fsp3) is 0.500. The average Bonchev–Trinajstić information content (AvgIpc) is 3.16. The minimum Gasteiger partial charge on any atom is -0.342 e. The molecule has 0 N–H and O–H groups in total. The molecule has 2 aromatic rings. The zero-order chi connectivity index (χ0) is 15.5. The van der Waals surface area contributed by atoms with Crippen LogP contribution in [0, 0.1) is 5.92 Å². The van der Waals surface area contributed by atoms with Crippen molar-refractivity contribution in [3.05, 3.63) is 30.6 Å². The number of aromatic nitrogens is 4. The SMILES string of the molecule is CCC(=O)N1CC[C@@H](Cc2cncc(-c3cncn3C)n2)C1. The molecule has 3 rings (SSSR count). The molecule has 1 amide bonds. The lowest BCUT2D eigenvalue weighted by Gasteiger charge is -2.15. The summed E-state index contributed by atoms with van der Waals surface area (Å²) >= 11 is 0. The van der Waals surface area contributed by atoms with Crippen LogP contribution < -0.4 is 0 Å². The molecule has 0 bridgehead atoms. The van der Waals surface area contributed by atoms with Crippen LogP contribution in [0.1, 0.15) is 25.5 Å². The molecule has 1 fully saturated rings. The Balaban J connectivity index is 1.69. The highest BCUT2D eigenvalue weighted by Crippen LogP contribution is 2.22. The number of likely N-dealkylation sites (tertiary alicyclic amines) is 1. The second-order valence-corrected chi connectivity index (χ2v) is 5.84. The third kappa shape index (κ3) is 3.00. The number of rotatable bonds is 4. The van der Waals surface area contributed by atoms with Crippen molar-refractivity contribution < 1.29 is 4.79 Å². The van der Waals surface area contributed by atoms with Gasteiger partial charge in [-0.25, -0.2) is 9.97 Å². The number of carbonyl (C=O) groups excluding carboxylic acids is 1. The maximum atomic E-state index is 11.7. The molecule has 0 saturated carbocycles. The summed E-state index contributed by atoms with van der Waals surface area (Å²) in [5, 5.41) is 0. The van der Waals surface area contributed by atoms with Gasteiger partial charge in [0.2, 0.25) is 5.91 Å². The Morgan fingerprint density at radius 3 is 2.91 bits per heavy atom. The summed E-state index contributed by atoms with van der Waals surface area (Å²) < 4.78 is 1.94. The molecule has 116 valence electrons. The molecule has 6 heteroatoms. The van der Waals surface area contributed by atoms with E-state index in [1.54, 1.807) is 18.7 Å². The highest BCUT2D eigenvalue weighted by atomic mass is 16.2. The van der Waals surface area contributed by atoms with Gasteiger partial charge in [-0.2, -0.15) is 0 Å². The first kappa shape index (κ1) is 14.7. The first-order chi connectivity index (χ1) is 10.7. The second-order valence-electron chi connectivity index (χ2n) is 5.84. The second kappa shape index (κ2) is 6.25. The van der Waals surface area contributed by atoms with Gasteiger partial charge in [0.1, 0.15) is 5.69 Å². The predicted octanol–water partition coefficient (Wildman–Crippen LogP) is 1.68. The lowest BCUT2D eigenvalue weighted by molar-refractivity contribution is -0.129. The molecule has 0 aliphatic carbocycles. The van der Waals surface area contributed by atoms with Gasteiger partial charge >= 0.3 is 0 Å². The smallest absolute Gasteiger partial charge is 0.222 e. The maximum Gasteiger partial charge on any atom is 0.222 e. The zero-order valence-corrected chi connectivity index (χ0v) is 13.1. The lowest BCUT2D eigenvalue weighted by Crippen LogP contribution is -2.28. The molecule has 1 aliphatic heterocycles. The van der Waals surface area contributed by atoms with Gasteiger partial charge < -0.3 is 9.47 Å². The average molecular weight is 299 g/mol. The molecule has 6 nitrogen and oxygen atoms in total. The van der Waals surface area contributed by atoms with Crippen molar-refractivity contribution in [2.75, 3.05) is 13.1 Å². The van der Waals surface area contributed by atoms with Gasteiger partial charge in [-0.1, -0.05) is 6.92 Å². The Morgan fingerprint density at radius 1 is 1.32 bits per heavy atom. The van der Waals surface area contributed by atoms with E-state index in [-0.39, 0.29) is 5.91 Å². The van der Waals surface area contributed by atoms with Gasteiger partial charge in [0.05, 0.1) is 30.1 Å². The van der Waals surface area contributed by atoms with Crippen LogP contribution in [0.2, 0.25) is 0 Å². The molecule has 1 saturated heterocycles. The highest BCUT2D eigenvalue weighted by Gasteiger charge is 2.25. The minimum absolute atomic E-state index is 0.247. The van der Waals surface area contributed by atoms with Gasteiger partial charge in [0.25, 0.3) is 0 Å². The van der Waals surface area contributed by atoms with Crippen molar-refractivity contribution in [3.8, 4) is 11.4 Å². The van der Waals surface area contributed by atoms with Crippen molar-refractivity contribution in [3.63, 3.8) is 0 Å². The van der Waals surface area contributed by atoms with Crippen LogP contribution >= 0.6 is 0 Å². The molecule has 3 heterocycles. The molecule has 22 heavy (non-hydrogen) atoms. The zero-order valence-electron chi connectivity index (χ0n) is 13.1. The van der Waals surface area contributed by atoms with Crippen molar-refractivity contribution in [2.45, 2.75) is 26.2 Å². The number of aryl methyl sites for hydroxylation is 1. The van der Waals surface area contributed by atoms with Crippen molar-refractivity contribution in [1.29, 1.82) is 0 Å². The van der Waals surface area contributed by atoms with E-state index in [1.807, 2.05) is 29.6 Å². The van der Waals surface area contributed by atoms with E-state index >= 15 is 0 Å². The quantitative estimate of drug-likeness (QED) is 0.861. The number of imidazole rings is 1. The Bertz CT molecular complexity index is 666. The summed E-state index contributed by atoms with van der Waals surface area (Å²) in [5.41, 5.74) is 2.79. The van der Waals surface area contributed by atoms with Crippen LogP contribution in [0.4, 0.5) is 0 Å². The van der Waals surface area contributed by atoms with Crippen molar-refractivity contribution in [2.24, 2.45) is 13.0 Å². The van der Waals surface area contributed by atoms with Crippen molar-refractivity contribution in [1.82, 2.24) is 24.4 Å². The summed E-state index contributed by atoms with van der Waals surface area (Å²) in [6.07, 6.45) is 9.64. The largest absolute Gasteiger partial charge is 0.342 e. The van der Waals surface area contributed by atoms with E-state index in [9.17, 15) is 4.79 Å². The summed E-state index contributed by atoms with van der Waals surface area (Å²) in [6, 6.07) is 0. The summed E-state index contributed by atoms with van der Waals surface area (Å²) in [4.78, 5) is 26.8. The third-order valence-electron chi connectivity index (χ3n) is 4.20. The number of carbonyl (C=O) groups is 1. The fourth-order valence-corrected chi connectivity index (χ4v) is 2.98. The van der Waals surface area contributed by atoms with Crippen LogP contribution in [0.5, 0.6) is 0 Å². The monoisotopic (exact) mass is 299 g/mol. The topological polar surface area (TPSA) is 63.9 Å². The first-order valence-corrected chi connectivity index (χ1v) is 7.72. The van der Waals surface area contributed by atoms with E-state index in [1.165, 1.54) is 0 Å². The van der Waals surface area contributed by atoms with Crippen LogP contribution in [0.15, 0.2) is 24.9 Å². The van der Waals surface area contributed by atoms with Gasteiger partial charge in [0, 0.05) is 32.8 Å². The van der Waals surface area contributed by atoms with E-state index in [0.29, 0.717) is 12.3 Å². The molecule has 0 unspecified atom stereocenters. The molecule has 2 aromatic heterocycles. The van der Waals surface area contributed by atoms with Crippen LogP contribution in [-0.4, -0.2) is 43.4 Å². The molecule has 0 aromatic carbocycles. The molecule has 1 atom stereocenters. The summed E-state index contributed by atoms with van der Waals surface area (Å²) in [7, 11) is 1.95. The van der Waals surface area contributed by atoms with Gasteiger partial charge in [0.15, 0.2) is 0 Å². The highest BCUT2D eigenvalue weighted by molar-refractivity contribution is 5.76. The Morgan fingerprint density at radius 2 is 2.18 bits per heavy atom. The Labute approximate surface area is 130 Å². The minimum atomic E-state index is 0.247. The lowest BCUT2D eigenvalue weighted by atomic mass is 10.0. The predicted molar refractivity (Wildman–Crippen MR) is 82.9 cm³/mol. The Hall–Kier alpha value is -2.24. The molecule has 0 spiro atoms. The van der Waals surface area contributed by atoms with Crippen molar-refractivity contribution >= 4 is 5.91 Å². The normalized spacial score (nSPS) is 17.9. The molecule has 0 radical (unpaired) electrons. The van der Waals surface area contributed by atoms with Crippen LogP contribution in [-0.2, 0) is 18.3 Å². The van der Waals surface area contributed by atoms with Gasteiger partial charge in [-0.05, 0) is 18.8 Å². The van der Waals surface area contributed by atoms with E-state index in [2.05, 4.69) is 9.97 Å². The van der Waals surface area contributed by atoms with Crippen LogP contribution in [0.25, 0.3) is 11.4 Å². The van der Waals surface area contributed by atoms with E-state index < -0.39 is 0 Å². The molecular formula is C16H21N5O. The number of hydrogen-bond acceptors (Lipinski definition) is 4. The van der Waals surface area contributed by atoms with Gasteiger partial charge in [-0.3, -0.25) is 9.78 Å². The molecule has 1 aliphatic rings. The molecular weight excluding hydrogens is 278 g/mol. The summed E-state index contributed by atoms with van der Waals surface area (Å²) in [6.45, 7) is 3.62. The maximum absolute atomic E-state index is 11.7. The Kier molecular flexibility index (Phi) is 4.18. The number of amides is 1. The third-order valence-corrected chi connectivity index (χ3v) is 4.20.